The van der Waals surface area contributed by atoms with Crippen molar-refractivity contribution >= 4 is 23.6 Å². The molecular formula is C20H24N8O3. The van der Waals surface area contributed by atoms with E-state index in [4.69, 9.17) is 4.74 Å². The van der Waals surface area contributed by atoms with Crippen LogP contribution >= 0.6 is 0 Å². The molecule has 31 heavy (non-hydrogen) atoms. The van der Waals surface area contributed by atoms with E-state index in [0.717, 1.165) is 11.4 Å². The summed E-state index contributed by atoms with van der Waals surface area (Å²) < 4.78 is 6.94. The van der Waals surface area contributed by atoms with Gasteiger partial charge in [-0.15, -0.1) is 5.10 Å². The lowest BCUT2D eigenvalue weighted by atomic mass is 10.2. The molecule has 0 spiro atoms. The number of rotatable bonds is 5. The number of hydrogen-bond acceptors (Lipinski definition) is 9. The molecule has 0 aromatic carbocycles. The number of anilines is 1. The molecule has 0 saturated carbocycles. The maximum Gasteiger partial charge on any atom is 0.314 e. The summed E-state index contributed by atoms with van der Waals surface area (Å²) in [6, 6.07) is 3.65. The molecule has 1 amide bonds. The molecule has 1 aliphatic heterocycles. The third kappa shape index (κ3) is 4.60. The number of hydrogen-bond donors (Lipinski definition) is 0. The quantitative estimate of drug-likeness (QED) is 0.535. The van der Waals surface area contributed by atoms with Gasteiger partial charge in [0.1, 0.15) is 6.42 Å². The molecule has 0 radical (unpaired) electrons. The zero-order chi connectivity index (χ0) is 22.0. The van der Waals surface area contributed by atoms with Gasteiger partial charge in [-0.25, -0.2) is 19.5 Å². The van der Waals surface area contributed by atoms with Crippen LogP contribution in [0.2, 0.25) is 0 Å². The van der Waals surface area contributed by atoms with Crippen molar-refractivity contribution in [1.29, 1.82) is 0 Å². The van der Waals surface area contributed by atoms with Crippen LogP contribution in [0.3, 0.4) is 0 Å². The van der Waals surface area contributed by atoms with Crippen molar-refractivity contribution in [3.63, 3.8) is 0 Å². The first-order chi connectivity index (χ1) is 14.9. The van der Waals surface area contributed by atoms with E-state index < -0.39 is 12.1 Å². The number of piperazine rings is 1. The summed E-state index contributed by atoms with van der Waals surface area (Å²) in [7, 11) is 0. The molecule has 4 heterocycles. The maximum absolute atomic E-state index is 12.7. The first-order valence-corrected chi connectivity index (χ1v) is 10.1. The fourth-order valence-corrected chi connectivity index (χ4v) is 3.54. The van der Waals surface area contributed by atoms with Crippen LogP contribution in [0.4, 0.5) is 5.95 Å². The van der Waals surface area contributed by atoms with Crippen LogP contribution in [0.15, 0.2) is 24.5 Å². The van der Waals surface area contributed by atoms with Crippen LogP contribution in [-0.4, -0.2) is 78.6 Å². The number of carbonyl (C=O) groups is 2. The van der Waals surface area contributed by atoms with Gasteiger partial charge in [-0.05, 0) is 32.9 Å². The lowest BCUT2D eigenvalue weighted by Gasteiger charge is -2.35. The second-order valence-corrected chi connectivity index (χ2v) is 7.45. The Kier molecular flexibility index (Phi) is 5.74. The van der Waals surface area contributed by atoms with Crippen LogP contribution in [0.25, 0.3) is 5.78 Å². The van der Waals surface area contributed by atoms with Gasteiger partial charge in [-0.2, -0.15) is 4.98 Å². The number of carbonyl (C=O) groups excluding carboxylic acids is 2. The number of ether oxygens (including phenoxy) is 1. The molecule has 11 nitrogen and oxygen atoms in total. The maximum atomic E-state index is 12.7. The summed E-state index contributed by atoms with van der Waals surface area (Å²) >= 11 is 0. The number of nitrogens with zero attached hydrogens (tertiary/aromatic N) is 8. The zero-order valence-corrected chi connectivity index (χ0v) is 17.7. The van der Waals surface area contributed by atoms with Gasteiger partial charge in [0.2, 0.25) is 5.95 Å². The second kappa shape index (κ2) is 8.62. The SMILES string of the molecule is Cc1cc(C)n2nc(CC(=O)OC(C)C(=O)N3CCN(c4ncccn4)CC3)nc2n1. The summed E-state index contributed by atoms with van der Waals surface area (Å²) in [5, 5.41) is 4.30. The minimum Gasteiger partial charge on any atom is -0.452 e. The Balaban J connectivity index is 1.31. The summed E-state index contributed by atoms with van der Waals surface area (Å²) in [6.45, 7) is 7.60. The second-order valence-electron chi connectivity index (χ2n) is 7.45. The highest BCUT2D eigenvalue weighted by molar-refractivity contribution is 5.84. The Morgan fingerprint density at radius 2 is 1.81 bits per heavy atom. The number of aromatic nitrogens is 6. The molecule has 1 atom stereocenters. The van der Waals surface area contributed by atoms with Crippen molar-refractivity contribution in [3.05, 3.63) is 41.7 Å². The monoisotopic (exact) mass is 424 g/mol. The average Bonchev–Trinajstić information content (AvgIpc) is 3.16. The molecular weight excluding hydrogens is 400 g/mol. The third-order valence-electron chi connectivity index (χ3n) is 5.05. The summed E-state index contributed by atoms with van der Waals surface area (Å²) in [6.07, 6.45) is 2.38. The smallest absolute Gasteiger partial charge is 0.314 e. The Morgan fingerprint density at radius 3 is 2.52 bits per heavy atom. The Bertz CT molecular complexity index is 1090. The minimum absolute atomic E-state index is 0.126. The van der Waals surface area contributed by atoms with E-state index >= 15 is 0 Å². The molecule has 11 heteroatoms. The fourth-order valence-electron chi connectivity index (χ4n) is 3.54. The van der Waals surface area contributed by atoms with Crippen LogP contribution in [0.5, 0.6) is 0 Å². The molecule has 1 saturated heterocycles. The lowest BCUT2D eigenvalue weighted by Crippen LogP contribution is -2.52. The average molecular weight is 424 g/mol. The summed E-state index contributed by atoms with van der Waals surface area (Å²) in [4.78, 5) is 45.8. The Labute approximate surface area is 179 Å². The fraction of sp³-hybridized carbons (Fsp3) is 0.450. The van der Waals surface area contributed by atoms with Crippen LogP contribution in [-0.2, 0) is 20.7 Å². The summed E-state index contributed by atoms with van der Waals surface area (Å²) in [5.74, 6) is 0.612. The van der Waals surface area contributed by atoms with Crippen molar-refractivity contribution in [1.82, 2.24) is 34.4 Å². The van der Waals surface area contributed by atoms with Gasteiger partial charge in [0.05, 0.1) is 0 Å². The Morgan fingerprint density at radius 1 is 1.10 bits per heavy atom. The van der Waals surface area contributed by atoms with Crippen LogP contribution in [0.1, 0.15) is 24.1 Å². The van der Waals surface area contributed by atoms with Crippen LogP contribution < -0.4 is 4.90 Å². The molecule has 1 unspecified atom stereocenters. The van der Waals surface area contributed by atoms with E-state index in [1.807, 2.05) is 24.8 Å². The van der Waals surface area contributed by atoms with Crippen molar-refractivity contribution in [3.8, 4) is 0 Å². The molecule has 3 aromatic rings. The van der Waals surface area contributed by atoms with Gasteiger partial charge < -0.3 is 14.5 Å². The van der Waals surface area contributed by atoms with Crippen LogP contribution in [0, 0.1) is 13.8 Å². The normalized spacial score (nSPS) is 15.2. The molecule has 3 aromatic heterocycles. The Hall–Kier alpha value is -3.63. The topological polar surface area (TPSA) is 119 Å². The number of esters is 1. The van der Waals surface area contributed by atoms with Gasteiger partial charge >= 0.3 is 5.97 Å². The molecule has 0 bridgehead atoms. The molecule has 162 valence electrons. The van der Waals surface area contributed by atoms with Gasteiger partial charge in [0, 0.05) is 50.0 Å². The molecule has 4 rings (SSSR count). The van der Waals surface area contributed by atoms with Crippen molar-refractivity contribution in [2.75, 3.05) is 31.1 Å². The van der Waals surface area contributed by atoms with Gasteiger partial charge in [-0.1, -0.05) is 0 Å². The van der Waals surface area contributed by atoms with E-state index in [1.165, 1.54) is 0 Å². The van der Waals surface area contributed by atoms with E-state index in [2.05, 4.69) is 25.0 Å². The highest BCUT2D eigenvalue weighted by atomic mass is 16.5. The van der Waals surface area contributed by atoms with E-state index in [1.54, 1.807) is 34.8 Å². The zero-order valence-electron chi connectivity index (χ0n) is 17.7. The largest absolute Gasteiger partial charge is 0.452 e. The van der Waals surface area contributed by atoms with E-state index in [0.29, 0.717) is 43.7 Å². The van der Waals surface area contributed by atoms with E-state index in [-0.39, 0.29) is 12.3 Å². The molecule has 1 aliphatic rings. The first-order valence-electron chi connectivity index (χ1n) is 10.1. The van der Waals surface area contributed by atoms with Crippen molar-refractivity contribution in [2.45, 2.75) is 33.3 Å². The van der Waals surface area contributed by atoms with Gasteiger partial charge in [0.25, 0.3) is 11.7 Å². The predicted molar refractivity (Wildman–Crippen MR) is 110 cm³/mol. The summed E-state index contributed by atoms with van der Waals surface area (Å²) in [5.41, 5.74) is 1.70. The predicted octanol–water partition coefficient (Wildman–Crippen LogP) is 0.354. The first kappa shape index (κ1) is 20.6. The highest BCUT2D eigenvalue weighted by Gasteiger charge is 2.28. The third-order valence-corrected chi connectivity index (χ3v) is 5.05. The standard InChI is InChI=1S/C20H24N8O3/c1-13-11-14(2)28-20(23-13)24-16(25-28)12-17(29)31-15(3)18(30)26-7-9-27(10-8-26)19-21-5-4-6-22-19/h4-6,11,15H,7-10,12H2,1-3H3. The molecule has 1 fully saturated rings. The van der Waals surface area contributed by atoms with Gasteiger partial charge in [-0.3, -0.25) is 9.59 Å². The molecule has 0 N–H and O–H groups in total. The highest BCUT2D eigenvalue weighted by Crippen LogP contribution is 2.12. The van der Waals surface area contributed by atoms with Crippen molar-refractivity contribution < 1.29 is 14.3 Å². The number of amides is 1. The number of aryl methyl sites for hydroxylation is 2. The minimum atomic E-state index is -0.883. The number of fused-ring (bicyclic) bond motifs is 1. The van der Waals surface area contributed by atoms with E-state index in [9.17, 15) is 9.59 Å². The van der Waals surface area contributed by atoms with Crippen molar-refractivity contribution in [2.24, 2.45) is 0 Å². The lowest BCUT2D eigenvalue weighted by molar-refractivity contribution is -0.158. The molecule has 0 aliphatic carbocycles. The van der Waals surface area contributed by atoms with Gasteiger partial charge in [0.15, 0.2) is 11.9 Å².